The van der Waals surface area contributed by atoms with Crippen molar-refractivity contribution in [3.63, 3.8) is 0 Å². The van der Waals surface area contributed by atoms with Gasteiger partial charge in [-0.25, -0.2) is 19.9 Å². The first-order chi connectivity index (χ1) is 57.6. The van der Waals surface area contributed by atoms with Gasteiger partial charge in [-0.15, -0.1) is 0 Å². The van der Waals surface area contributed by atoms with E-state index in [0.717, 1.165) is 105 Å². The number of aromatic nitrogens is 8. The van der Waals surface area contributed by atoms with E-state index >= 15 is 0 Å². The quantitative estimate of drug-likeness (QED) is 0.142. The molecule has 0 saturated carbocycles. The predicted molar refractivity (Wildman–Crippen MR) is 485 cm³/mol. The van der Waals surface area contributed by atoms with E-state index in [1.807, 2.05) is 0 Å². The van der Waals surface area contributed by atoms with Gasteiger partial charge in [0.05, 0.1) is 77.6 Å². The van der Waals surface area contributed by atoms with E-state index in [2.05, 4.69) is 406 Å². The third-order valence-electron chi connectivity index (χ3n) is 24.5. The van der Waals surface area contributed by atoms with E-state index in [4.69, 9.17) is 19.9 Å². The first-order valence-corrected chi connectivity index (χ1v) is 39.7. The van der Waals surface area contributed by atoms with Crippen LogP contribution in [0.5, 0.6) is 0 Å². The van der Waals surface area contributed by atoms with Crippen molar-refractivity contribution in [1.82, 2.24) is 37.9 Å². The molecule has 536 valence electrons. The first kappa shape index (κ1) is 64.1. The van der Waals surface area contributed by atoms with E-state index < -0.39 is 0 Å². The number of rotatable bonds is 8. The molecule has 0 bridgehead atoms. The van der Waals surface area contributed by atoms with Crippen molar-refractivity contribution in [3.05, 3.63) is 388 Å². The Morgan fingerprint density at radius 1 is 0.164 bits per heavy atom. The minimum atomic E-state index is 0.649. The Morgan fingerprint density at radius 3 is 0.983 bits per heavy atom. The van der Waals surface area contributed by atoms with Crippen LogP contribution in [0.4, 0.5) is 0 Å². The topological polar surface area (TPSA) is 70.2 Å². The maximum absolute atomic E-state index is 5.69. The van der Waals surface area contributed by atoms with E-state index in [1.54, 1.807) is 0 Å². The SMILES string of the molecule is c1ccc(-c2ccc(-c3cccc4ccc5c(-c6ccccc6)nc(-n6c7cccc8c9cccc%10c%11ccccc%11n(c%11cccc6c%11c87)c9%10)nc5c34)cc2)cc1.c1ccc(-c2ccccc2-c2cccc3ccc4c(-c5ccccc5)nc(-n5c6cccc7c8cccc9c%10ccccc%10n(c%10cccc5c%10c76)c89)nc4c23)cc1. The normalized spacial score (nSPS) is 12.1. The molecule has 18 aromatic carbocycles. The molecule has 8 heterocycles. The Labute approximate surface area is 663 Å². The lowest BCUT2D eigenvalue weighted by Crippen LogP contribution is -2.04. The second-order valence-electron chi connectivity index (χ2n) is 30.6. The molecule has 0 unspecified atom stereocenters. The van der Waals surface area contributed by atoms with Gasteiger partial charge in [0.25, 0.3) is 0 Å². The smallest absolute Gasteiger partial charge is 0.235 e. The number of nitrogens with zero attached hydrogens (tertiary/aromatic N) is 8. The zero-order chi connectivity index (χ0) is 75.8. The highest BCUT2D eigenvalue weighted by atomic mass is 15.2. The Balaban J connectivity index is 0.000000130. The molecule has 26 rings (SSSR count). The number of benzene rings is 18. The largest absolute Gasteiger partial charge is 0.308 e. The van der Waals surface area contributed by atoms with E-state index in [-0.39, 0.29) is 0 Å². The fourth-order valence-electron chi connectivity index (χ4n) is 19.7. The second-order valence-corrected chi connectivity index (χ2v) is 30.6. The van der Waals surface area contributed by atoms with Crippen molar-refractivity contribution in [2.75, 3.05) is 0 Å². The monoisotopic (exact) mass is 1470 g/mol. The number of hydrogen-bond acceptors (Lipinski definition) is 4. The van der Waals surface area contributed by atoms with Gasteiger partial charge in [-0.05, 0) is 127 Å². The van der Waals surface area contributed by atoms with Crippen LogP contribution < -0.4 is 0 Å². The van der Waals surface area contributed by atoms with Gasteiger partial charge in [-0.3, -0.25) is 9.13 Å². The zero-order valence-corrected chi connectivity index (χ0v) is 62.5. The van der Waals surface area contributed by atoms with E-state index in [1.165, 1.54) is 126 Å². The standard InChI is InChI=1S/2C54H32N4/c1-3-13-33(14-4-1)34-27-29-35(30-28-34)38-19-9-17-36-31-32-43-51(37-15-5-2-6-16-37)55-54(56-52(43)48(36)38)58-45-24-11-20-40-42-22-10-21-41-39-18-7-8-23-44(39)57(53(41)42)46-25-12-26-47(58)50(46)49(40)45;1-3-15-33(16-4-1)36-20-7-8-21-37(36)39-23-11-19-34-31-32-43-51(35-17-5-2-6-18-35)55-54(56-52(43)48(34)39)58-45-28-13-24-40-42-26-12-25-41-38-22-9-10-27-44(38)57(53(41)42)46-29-14-30-47(58)50(46)49(40)45/h2*1-32H. The summed E-state index contributed by atoms with van der Waals surface area (Å²) < 4.78 is 9.56. The van der Waals surface area contributed by atoms with Crippen molar-refractivity contribution in [3.8, 4) is 78.9 Å². The zero-order valence-electron chi connectivity index (χ0n) is 62.5. The van der Waals surface area contributed by atoms with Gasteiger partial charge in [-0.2, -0.15) is 0 Å². The molecular formula is C108H64N8. The molecule has 8 heteroatoms. The summed E-state index contributed by atoms with van der Waals surface area (Å²) in [5.74, 6) is 1.30. The average Bonchev–Trinajstić information content (AvgIpc) is 1.53. The molecule has 0 spiro atoms. The summed E-state index contributed by atoms with van der Waals surface area (Å²) in [4.78, 5) is 22.4. The predicted octanol–water partition coefficient (Wildman–Crippen LogP) is 28.1. The van der Waals surface area contributed by atoms with Gasteiger partial charge < -0.3 is 8.80 Å². The fraction of sp³-hybridized carbons (Fsp3) is 0. The van der Waals surface area contributed by atoms with Gasteiger partial charge in [0.15, 0.2) is 0 Å². The summed E-state index contributed by atoms with van der Waals surface area (Å²) in [7, 11) is 0. The van der Waals surface area contributed by atoms with Crippen molar-refractivity contribution < 1.29 is 0 Å². The lowest BCUT2D eigenvalue weighted by Gasteiger charge is -2.17. The molecular weight excluding hydrogens is 1410 g/mol. The van der Waals surface area contributed by atoms with Crippen LogP contribution in [0.3, 0.4) is 0 Å². The second kappa shape index (κ2) is 24.9. The number of para-hydroxylation sites is 4. The van der Waals surface area contributed by atoms with E-state index in [9.17, 15) is 0 Å². The van der Waals surface area contributed by atoms with Crippen LogP contribution in [0.25, 0.3) is 242 Å². The van der Waals surface area contributed by atoms with Gasteiger partial charge in [-0.1, -0.05) is 328 Å². The van der Waals surface area contributed by atoms with Crippen LogP contribution in [0.2, 0.25) is 0 Å². The summed E-state index contributed by atoms with van der Waals surface area (Å²) in [5.41, 5.74) is 26.7. The van der Waals surface area contributed by atoms with Gasteiger partial charge in [0.1, 0.15) is 0 Å². The molecule has 0 saturated heterocycles. The molecule has 0 atom stereocenters. The third-order valence-corrected chi connectivity index (χ3v) is 24.5. The highest BCUT2D eigenvalue weighted by Gasteiger charge is 2.28. The van der Waals surface area contributed by atoms with Crippen LogP contribution in [0.1, 0.15) is 0 Å². The summed E-state index contributed by atoms with van der Waals surface area (Å²) >= 11 is 0. The Morgan fingerprint density at radius 2 is 0.483 bits per heavy atom. The number of hydrogen-bond donors (Lipinski definition) is 0. The molecule has 8 aromatic heterocycles. The highest BCUT2D eigenvalue weighted by Crippen LogP contribution is 2.49. The Kier molecular flexibility index (Phi) is 13.8. The highest BCUT2D eigenvalue weighted by molar-refractivity contribution is 6.33. The molecule has 26 aromatic rings. The van der Waals surface area contributed by atoms with E-state index in [0.29, 0.717) is 11.9 Å². The number of fused-ring (bicyclic) bond motifs is 16. The lowest BCUT2D eigenvalue weighted by atomic mass is 9.90. The van der Waals surface area contributed by atoms with Crippen LogP contribution in [0, 0.1) is 0 Å². The van der Waals surface area contributed by atoms with Crippen LogP contribution >= 0.6 is 0 Å². The average molecular weight is 1470 g/mol. The molecule has 8 nitrogen and oxygen atoms in total. The summed E-state index contributed by atoms with van der Waals surface area (Å²) in [6.07, 6.45) is 0. The molecule has 0 radical (unpaired) electrons. The van der Waals surface area contributed by atoms with Crippen molar-refractivity contribution in [1.29, 1.82) is 0 Å². The Bertz CT molecular complexity index is 8550. The molecule has 0 aliphatic carbocycles. The molecule has 0 aliphatic rings. The fourth-order valence-corrected chi connectivity index (χ4v) is 19.7. The lowest BCUT2D eigenvalue weighted by molar-refractivity contribution is 1.02. The minimum Gasteiger partial charge on any atom is -0.308 e. The molecule has 0 aliphatic heterocycles. The maximum atomic E-state index is 5.69. The summed E-state index contributed by atoms with van der Waals surface area (Å²) in [6, 6.07) is 140. The molecule has 0 N–H and O–H groups in total. The minimum absolute atomic E-state index is 0.649. The van der Waals surface area contributed by atoms with Gasteiger partial charge in [0.2, 0.25) is 11.9 Å². The molecule has 116 heavy (non-hydrogen) atoms. The van der Waals surface area contributed by atoms with Gasteiger partial charge in [0, 0.05) is 86.5 Å². The Hall–Kier alpha value is -15.6. The van der Waals surface area contributed by atoms with Crippen LogP contribution in [-0.2, 0) is 0 Å². The van der Waals surface area contributed by atoms with Gasteiger partial charge >= 0.3 is 0 Å². The van der Waals surface area contributed by atoms with Crippen LogP contribution in [0.15, 0.2) is 388 Å². The van der Waals surface area contributed by atoms with Crippen molar-refractivity contribution >= 4 is 163 Å². The van der Waals surface area contributed by atoms with Crippen molar-refractivity contribution in [2.45, 2.75) is 0 Å². The van der Waals surface area contributed by atoms with Crippen molar-refractivity contribution in [2.24, 2.45) is 0 Å². The molecule has 0 amide bonds. The van der Waals surface area contributed by atoms with Crippen LogP contribution in [-0.4, -0.2) is 37.9 Å². The summed E-state index contributed by atoms with van der Waals surface area (Å²) in [6.45, 7) is 0. The maximum Gasteiger partial charge on any atom is 0.235 e. The summed E-state index contributed by atoms with van der Waals surface area (Å²) in [5, 5.41) is 21.3. The third kappa shape index (κ3) is 9.26. The molecule has 0 fully saturated rings. The first-order valence-electron chi connectivity index (χ1n) is 39.7.